The van der Waals surface area contributed by atoms with Crippen molar-refractivity contribution >= 4 is 17.8 Å². The molecule has 1 aliphatic rings. The van der Waals surface area contributed by atoms with Crippen LogP contribution in [0, 0.1) is 5.92 Å². The van der Waals surface area contributed by atoms with Gasteiger partial charge in [-0.2, -0.15) is 0 Å². The van der Waals surface area contributed by atoms with Crippen LogP contribution in [0.5, 0.6) is 0 Å². The van der Waals surface area contributed by atoms with Crippen molar-refractivity contribution in [1.29, 1.82) is 0 Å². The number of rotatable bonds is 3. The van der Waals surface area contributed by atoms with Crippen molar-refractivity contribution in [3.05, 3.63) is 0 Å². The van der Waals surface area contributed by atoms with Crippen LogP contribution in [0.4, 0.5) is 4.79 Å². The van der Waals surface area contributed by atoms with Crippen molar-refractivity contribution in [3.63, 3.8) is 0 Å². The number of ketones is 1. The van der Waals surface area contributed by atoms with E-state index >= 15 is 0 Å². The fourth-order valence-electron chi connectivity index (χ4n) is 2.16. The highest BCUT2D eigenvalue weighted by Crippen LogP contribution is 2.24. The van der Waals surface area contributed by atoms with Crippen LogP contribution in [0.25, 0.3) is 0 Å². The number of Topliss-reactive ketones (excluding diaryl/α,β-unsaturated/α-hetero) is 1. The Balaban J connectivity index is 2.65. The topological polar surface area (TPSA) is 92.7 Å². The van der Waals surface area contributed by atoms with Crippen LogP contribution >= 0.6 is 0 Å². The van der Waals surface area contributed by atoms with Gasteiger partial charge in [-0.3, -0.25) is 4.79 Å². The van der Waals surface area contributed by atoms with E-state index < -0.39 is 23.7 Å². The Bertz CT molecular complexity index is 372. The number of hydrogen-bond donors (Lipinski definition) is 2. The minimum atomic E-state index is -1.13. The normalized spacial score (nSPS) is 21.6. The van der Waals surface area contributed by atoms with Crippen molar-refractivity contribution in [2.45, 2.75) is 58.1 Å². The molecule has 1 amide bonds. The average molecular weight is 271 g/mol. The van der Waals surface area contributed by atoms with Crippen LogP contribution in [0.2, 0.25) is 0 Å². The maximum absolute atomic E-state index is 11.6. The van der Waals surface area contributed by atoms with Gasteiger partial charge in [-0.05, 0) is 39.5 Å². The molecule has 1 aliphatic carbocycles. The summed E-state index contributed by atoms with van der Waals surface area (Å²) in [6.45, 7) is 5.10. The Morgan fingerprint density at radius 3 is 2.53 bits per heavy atom. The van der Waals surface area contributed by atoms with E-state index in [-0.39, 0.29) is 18.1 Å². The number of hydrogen-bond acceptors (Lipinski definition) is 4. The van der Waals surface area contributed by atoms with Gasteiger partial charge in [0.1, 0.15) is 17.4 Å². The van der Waals surface area contributed by atoms with E-state index in [2.05, 4.69) is 5.32 Å². The first kappa shape index (κ1) is 15.5. The molecule has 0 aliphatic heterocycles. The summed E-state index contributed by atoms with van der Waals surface area (Å²) >= 11 is 0. The summed E-state index contributed by atoms with van der Waals surface area (Å²) in [6, 6.07) is -1.07. The molecule has 0 aromatic carbocycles. The Kier molecular flexibility index (Phi) is 4.91. The number of carboxylic acid groups (broad SMARTS) is 1. The third-order valence-electron chi connectivity index (χ3n) is 2.93. The number of ether oxygens (including phenoxy) is 1. The molecular formula is C13H21NO5. The Morgan fingerprint density at radius 1 is 1.42 bits per heavy atom. The minimum absolute atomic E-state index is 0.0495. The largest absolute Gasteiger partial charge is 0.480 e. The molecule has 6 heteroatoms. The van der Waals surface area contributed by atoms with Crippen LogP contribution < -0.4 is 5.32 Å². The van der Waals surface area contributed by atoms with E-state index in [1.54, 1.807) is 20.8 Å². The molecule has 0 aromatic heterocycles. The van der Waals surface area contributed by atoms with Gasteiger partial charge in [0.15, 0.2) is 0 Å². The van der Waals surface area contributed by atoms with Crippen molar-refractivity contribution in [2.24, 2.45) is 5.92 Å². The highest BCUT2D eigenvalue weighted by atomic mass is 16.6. The Hall–Kier alpha value is -1.59. The summed E-state index contributed by atoms with van der Waals surface area (Å²) in [5.74, 6) is -1.44. The van der Waals surface area contributed by atoms with Crippen LogP contribution in [0.3, 0.4) is 0 Å². The zero-order valence-electron chi connectivity index (χ0n) is 11.6. The number of carbonyl (C=O) groups is 3. The number of nitrogens with one attached hydrogen (secondary N) is 1. The molecule has 2 atom stereocenters. The first-order valence-corrected chi connectivity index (χ1v) is 6.43. The van der Waals surface area contributed by atoms with Crippen LogP contribution in [0.15, 0.2) is 0 Å². The summed E-state index contributed by atoms with van der Waals surface area (Å²) in [7, 11) is 0. The second kappa shape index (κ2) is 6.04. The molecule has 6 nitrogen and oxygen atoms in total. The van der Waals surface area contributed by atoms with Crippen molar-refractivity contribution in [3.8, 4) is 0 Å². The molecule has 0 radical (unpaired) electrons. The van der Waals surface area contributed by atoms with Gasteiger partial charge in [-0.25, -0.2) is 9.59 Å². The fraction of sp³-hybridized carbons (Fsp3) is 0.769. The van der Waals surface area contributed by atoms with Gasteiger partial charge in [0, 0.05) is 12.8 Å². The van der Waals surface area contributed by atoms with Gasteiger partial charge in [-0.1, -0.05) is 0 Å². The van der Waals surface area contributed by atoms with Gasteiger partial charge in [0.25, 0.3) is 0 Å². The molecule has 1 rings (SSSR count). The zero-order valence-corrected chi connectivity index (χ0v) is 11.6. The zero-order chi connectivity index (χ0) is 14.6. The monoisotopic (exact) mass is 271 g/mol. The Labute approximate surface area is 112 Å². The summed E-state index contributed by atoms with van der Waals surface area (Å²) in [4.78, 5) is 34.2. The first-order chi connectivity index (χ1) is 8.69. The second-order valence-corrected chi connectivity index (χ2v) is 5.86. The van der Waals surface area contributed by atoms with E-state index in [4.69, 9.17) is 4.74 Å². The van der Waals surface area contributed by atoms with Gasteiger partial charge in [0.05, 0.1) is 0 Å². The second-order valence-electron chi connectivity index (χ2n) is 5.86. The predicted octanol–water partition coefficient (Wildman–Crippen LogP) is 1.72. The van der Waals surface area contributed by atoms with E-state index in [9.17, 15) is 19.5 Å². The number of amides is 1. The van der Waals surface area contributed by atoms with E-state index in [0.717, 1.165) is 0 Å². The van der Waals surface area contributed by atoms with Crippen LogP contribution in [-0.4, -0.2) is 34.6 Å². The molecule has 2 N–H and O–H groups in total. The first-order valence-electron chi connectivity index (χ1n) is 6.43. The number of aliphatic carboxylic acids is 1. The molecule has 1 fully saturated rings. The predicted molar refractivity (Wildman–Crippen MR) is 67.8 cm³/mol. The number of carbonyl (C=O) groups excluding carboxylic acids is 2. The molecular weight excluding hydrogens is 250 g/mol. The molecule has 108 valence electrons. The molecule has 0 bridgehead atoms. The molecule has 1 saturated carbocycles. The third-order valence-corrected chi connectivity index (χ3v) is 2.93. The summed E-state index contributed by atoms with van der Waals surface area (Å²) in [6.07, 6.45) is 1.22. The summed E-state index contributed by atoms with van der Waals surface area (Å²) in [5, 5.41) is 11.5. The highest BCUT2D eigenvalue weighted by Gasteiger charge is 2.34. The van der Waals surface area contributed by atoms with Gasteiger partial charge < -0.3 is 15.2 Å². The maximum Gasteiger partial charge on any atom is 0.408 e. The third kappa shape index (κ3) is 5.28. The lowest BCUT2D eigenvalue weighted by molar-refractivity contribution is -0.141. The lowest BCUT2D eigenvalue weighted by Crippen LogP contribution is -2.48. The molecule has 0 spiro atoms. The minimum Gasteiger partial charge on any atom is -0.480 e. The maximum atomic E-state index is 11.6. The SMILES string of the molecule is CC(C)(C)OC(=O)NC(C(=O)O)C1CCCC(=O)C1. The molecule has 0 saturated heterocycles. The van der Waals surface area contributed by atoms with Gasteiger partial charge in [-0.15, -0.1) is 0 Å². The van der Waals surface area contributed by atoms with Gasteiger partial charge in [0.2, 0.25) is 0 Å². The lowest BCUT2D eigenvalue weighted by Gasteiger charge is -2.28. The van der Waals surface area contributed by atoms with Crippen molar-refractivity contribution in [2.75, 3.05) is 0 Å². The van der Waals surface area contributed by atoms with Crippen LogP contribution in [-0.2, 0) is 14.3 Å². The molecule has 0 heterocycles. The smallest absolute Gasteiger partial charge is 0.408 e. The van der Waals surface area contributed by atoms with Gasteiger partial charge >= 0.3 is 12.1 Å². The van der Waals surface area contributed by atoms with Crippen molar-refractivity contribution in [1.82, 2.24) is 5.32 Å². The molecule has 19 heavy (non-hydrogen) atoms. The quantitative estimate of drug-likeness (QED) is 0.815. The Morgan fingerprint density at radius 2 is 2.05 bits per heavy atom. The fourth-order valence-corrected chi connectivity index (χ4v) is 2.16. The average Bonchev–Trinajstić information content (AvgIpc) is 2.23. The molecule has 2 unspecified atom stereocenters. The standard InChI is InChI=1S/C13H21NO5/c1-13(2,3)19-12(18)14-10(11(16)17)8-5-4-6-9(15)7-8/h8,10H,4-7H2,1-3H3,(H,14,18)(H,16,17). The molecule has 0 aromatic rings. The highest BCUT2D eigenvalue weighted by molar-refractivity contribution is 5.83. The lowest BCUT2D eigenvalue weighted by atomic mass is 9.83. The van der Waals surface area contributed by atoms with E-state index in [1.165, 1.54) is 0 Å². The van der Waals surface area contributed by atoms with Crippen LogP contribution in [0.1, 0.15) is 46.5 Å². The van der Waals surface area contributed by atoms with E-state index in [1.807, 2.05) is 0 Å². The summed E-state index contributed by atoms with van der Waals surface area (Å²) in [5.41, 5.74) is -0.685. The van der Waals surface area contributed by atoms with E-state index in [0.29, 0.717) is 19.3 Å². The number of carboxylic acids is 1. The number of alkyl carbamates (subject to hydrolysis) is 1. The van der Waals surface area contributed by atoms with Crippen molar-refractivity contribution < 1.29 is 24.2 Å². The summed E-state index contributed by atoms with van der Waals surface area (Å²) < 4.78 is 5.04.